The number of amides is 1. The van der Waals surface area contributed by atoms with Crippen LogP contribution in [0.1, 0.15) is 40.9 Å². The molecule has 0 atom stereocenters. The second kappa shape index (κ2) is 9.13. The summed E-state index contributed by atoms with van der Waals surface area (Å²) in [5.41, 5.74) is 4.47. The number of para-hydroxylation sites is 1. The first-order valence-electron chi connectivity index (χ1n) is 9.96. The van der Waals surface area contributed by atoms with E-state index in [4.69, 9.17) is 0 Å². The third-order valence-corrected chi connectivity index (χ3v) is 6.42. The van der Waals surface area contributed by atoms with Crippen molar-refractivity contribution < 1.29 is 13.2 Å². The SMILES string of the molecule is CCc1cccc(CC)c1NC(=O)c1ccc(C)c(NS(=O)(=O)c2ccccc2)c1. The van der Waals surface area contributed by atoms with Gasteiger partial charge < -0.3 is 5.32 Å². The summed E-state index contributed by atoms with van der Waals surface area (Å²) in [6.07, 6.45) is 1.61. The summed E-state index contributed by atoms with van der Waals surface area (Å²) in [6.45, 7) is 5.89. The van der Waals surface area contributed by atoms with E-state index in [1.807, 2.05) is 32.0 Å². The Balaban J connectivity index is 1.90. The van der Waals surface area contributed by atoms with Crippen LogP contribution in [0.25, 0.3) is 0 Å². The average Bonchev–Trinajstić information content (AvgIpc) is 2.75. The predicted molar refractivity (Wildman–Crippen MR) is 122 cm³/mol. The van der Waals surface area contributed by atoms with Crippen molar-refractivity contribution in [2.45, 2.75) is 38.5 Å². The highest BCUT2D eigenvalue weighted by Gasteiger charge is 2.17. The van der Waals surface area contributed by atoms with Gasteiger partial charge in [0, 0.05) is 11.3 Å². The highest BCUT2D eigenvalue weighted by molar-refractivity contribution is 7.92. The molecule has 30 heavy (non-hydrogen) atoms. The Labute approximate surface area is 178 Å². The van der Waals surface area contributed by atoms with Gasteiger partial charge in [0.2, 0.25) is 0 Å². The van der Waals surface area contributed by atoms with Crippen molar-refractivity contribution >= 4 is 27.3 Å². The first kappa shape index (κ1) is 21.6. The average molecular weight is 423 g/mol. The molecular weight excluding hydrogens is 396 g/mol. The lowest BCUT2D eigenvalue weighted by Gasteiger charge is -2.16. The van der Waals surface area contributed by atoms with E-state index in [1.54, 1.807) is 43.3 Å². The fourth-order valence-corrected chi connectivity index (χ4v) is 4.41. The van der Waals surface area contributed by atoms with Crippen molar-refractivity contribution in [2.24, 2.45) is 0 Å². The van der Waals surface area contributed by atoms with E-state index in [0.717, 1.165) is 35.2 Å². The Kier molecular flexibility index (Phi) is 6.57. The van der Waals surface area contributed by atoms with Gasteiger partial charge in [0.15, 0.2) is 0 Å². The van der Waals surface area contributed by atoms with E-state index in [-0.39, 0.29) is 10.8 Å². The van der Waals surface area contributed by atoms with Crippen LogP contribution in [0.15, 0.2) is 71.6 Å². The van der Waals surface area contributed by atoms with Crippen LogP contribution in [0.4, 0.5) is 11.4 Å². The number of carbonyl (C=O) groups excluding carboxylic acids is 1. The first-order chi connectivity index (χ1) is 14.4. The van der Waals surface area contributed by atoms with Gasteiger partial charge in [-0.15, -0.1) is 0 Å². The van der Waals surface area contributed by atoms with Gasteiger partial charge in [0.1, 0.15) is 0 Å². The number of nitrogens with one attached hydrogen (secondary N) is 2. The van der Waals surface area contributed by atoms with Crippen molar-refractivity contribution in [3.05, 3.63) is 89.0 Å². The molecule has 3 aromatic carbocycles. The molecule has 156 valence electrons. The third-order valence-electron chi connectivity index (χ3n) is 5.03. The van der Waals surface area contributed by atoms with Gasteiger partial charge in [-0.05, 0) is 60.7 Å². The molecule has 5 nitrogen and oxygen atoms in total. The molecule has 3 aromatic rings. The third kappa shape index (κ3) is 4.71. The Morgan fingerprint density at radius 1 is 0.867 bits per heavy atom. The fraction of sp³-hybridized carbons (Fsp3) is 0.208. The molecular formula is C24H26N2O3S. The van der Waals surface area contributed by atoms with Gasteiger partial charge in [0.05, 0.1) is 10.6 Å². The molecule has 0 radical (unpaired) electrons. The molecule has 1 amide bonds. The molecule has 0 bridgehead atoms. The molecule has 0 aliphatic heterocycles. The molecule has 2 N–H and O–H groups in total. The highest BCUT2D eigenvalue weighted by atomic mass is 32.2. The lowest BCUT2D eigenvalue weighted by atomic mass is 10.0. The second-order valence-electron chi connectivity index (χ2n) is 7.06. The maximum atomic E-state index is 13.0. The standard InChI is InChI=1S/C24H26N2O3S/c1-4-18-10-9-11-19(5-2)23(18)25-24(27)20-15-14-17(3)22(16-20)26-30(28,29)21-12-7-6-8-13-21/h6-16,26H,4-5H2,1-3H3,(H,25,27). The molecule has 0 heterocycles. The molecule has 0 saturated heterocycles. The van der Waals surface area contributed by atoms with Crippen LogP contribution in [0.2, 0.25) is 0 Å². The van der Waals surface area contributed by atoms with Gasteiger partial charge in [0.25, 0.3) is 15.9 Å². The molecule has 6 heteroatoms. The number of hydrogen-bond acceptors (Lipinski definition) is 3. The number of aryl methyl sites for hydroxylation is 3. The monoisotopic (exact) mass is 422 g/mol. The maximum absolute atomic E-state index is 13.0. The zero-order chi connectivity index (χ0) is 21.7. The zero-order valence-corrected chi connectivity index (χ0v) is 18.2. The minimum Gasteiger partial charge on any atom is -0.321 e. The van der Waals surface area contributed by atoms with Crippen LogP contribution in [0.5, 0.6) is 0 Å². The van der Waals surface area contributed by atoms with E-state index < -0.39 is 10.0 Å². The predicted octanol–water partition coefficient (Wildman–Crippen LogP) is 5.17. The molecule has 0 aliphatic rings. The summed E-state index contributed by atoms with van der Waals surface area (Å²) in [6, 6.07) is 19.2. The Hall–Kier alpha value is -3.12. The summed E-state index contributed by atoms with van der Waals surface area (Å²) < 4.78 is 28.0. The molecule has 0 spiro atoms. The first-order valence-corrected chi connectivity index (χ1v) is 11.4. The van der Waals surface area contributed by atoms with Crippen molar-refractivity contribution in [2.75, 3.05) is 10.0 Å². The Bertz CT molecular complexity index is 1130. The van der Waals surface area contributed by atoms with Gasteiger partial charge in [-0.25, -0.2) is 8.42 Å². The molecule has 0 aliphatic carbocycles. The number of sulfonamides is 1. The Morgan fingerprint density at radius 2 is 1.50 bits per heavy atom. The second-order valence-corrected chi connectivity index (χ2v) is 8.74. The van der Waals surface area contributed by atoms with E-state index in [2.05, 4.69) is 10.0 Å². The normalized spacial score (nSPS) is 11.2. The summed E-state index contributed by atoms with van der Waals surface area (Å²) in [4.78, 5) is 13.1. The van der Waals surface area contributed by atoms with Crippen molar-refractivity contribution in [3.63, 3.8) is 0 Å². The van der Waals surface area contributed by atoms with Crippen molar-refractivity contribution in [1.82, 2.24) is 0 Å². The van der Waals surface area contributed by atoms with Crippen LogP contribution in [-0.4, -0.2) is 14.3 Å². The smallest absolute Gasteiger partial charge is 0.261 e. The Morgan fingerprint density at radius 3 is 2.10 bits per heavy atom. The lowest BCUT2D eigenvalue weighted by molar-refractivity contribution is 0.102. The quantitative estimate of drug-likeness (QED) is 0.551. The fourth-order valence-electron chi connectivity index (χ4n) is 3.27. The van der Waals surface area contributed by atoms with Crippen LogP contribution >= 0.6 is 0 Å². The topological polar surface area (TPSA) is 75.3 Å². The van der Waals surface area contributed by atoms with Crippen molar-refractivity contribution in [3.8, 4) is 0 Å². The van der Waals surface area contributed by atoms with E-state index in [1.165, 1.54) is 12.1 Å². The van der Waals surface area contributed by atoms with E-state index >= 15 is 0 Å². The van der Waals surface area contributed by atoms with Gasteiger partial charge in [-0.2, -0.15) is 0 Å². The van der Waals surface area contributed by atoms with Crippen LogP contribution < -0.4 is 10.0 Å². The van der Waals surface area contributed by atoms with Gasteiger partial charge in [-0.1, -0.05) is 56.3 Å². The number of carbonyl (C=O) groups is 1. The molecule has 3 rings (SSSR count). The van der Waals surface area contributed by atoms with Crippen LogP contribution in [0.3, 0.4) is 0 Å². The molecule has 0 aromatic heterocycles. The van der Waals surface area contributed by atoms with E-state index in [0.29, 0.717) is 11.3 Å². The summed E-state index contributed by atoms with van der Waals surface area (Å²) in [5, 5.41) is 3.02. The lowest BCUT2D eigenvalue weighted by Crippen LogP contribution is -2.17. The largest absolute Gasteiger partial charge is 0.321 e. The summed E-state index contributed by atoms with van der Waals surface area (Å²) in [5.74, 6) is -0.272. The van der Waals surface area contributed by atoms with Crippen molar-refractivity contribution in [1.29, 1.82) is 0 Å². The summed E-state index contributed by atoms with van der Waals surface area (Å²) in [7, 11) is -3.74. The number of anilines is 2. The van der Waals surface area contributed by atoms with Gasteiger partial charge in [-0.3, -0.25) is 9.52 Å². The van der Waals surface area contributed by atoms with Crippen LogP contribution in [0, 0.1) is 6.92 Å². The zero-order valence-electron chi connectivity index (χ0n) is 17.4. The van der Waals surface area contributed by atoms with E-state index in [9.17, 15) is 13.2 Å². The molecule has 0 saturated carbocycles. The van der Waals surface area contributed by atoms with Gasteiger partial charge >= 0.3 is 0 Å². The maximum Gasteiger partial charge on any atom is 0.261 e. The summed E-state index contributed by atoms with van der Waals surface area (Å²) >= 11 is 0. The molecule has 0 fully saturated rings. The highest BCUT2D eigenvalue weighted by Crippen LogP contribution is 2.25. The van der Waals surface area contributed by atoms with Crippen LogP contribution in [-0.2, 0) is 22.9 Å². The number of hydrogen-bond donors (Lipinski definition) is 2. The minimum atomic E-state index is -3.74. The minimum absolute atomic E-state index is 0.170. The number of benzene rings is 3. The molecule has 0 unspecified atom stereocenters. The number of rotatable bonds is 7.